The lowest BCUT2D eigenvalue weighted by molar-refractivity contribution is 0.429. The van der Waals surface area contributed by atoms with Gasteiger partial charge in [0.05, 0.1) is 6.20 Å². The third-order valence-electron chi connectivity index (χ3n) is 2.77. The minimum Gasteiger partial charge on any atom is -0.353 e. The molecule has 1 saturated heterocycles. The number of piperazine rings is 1. The van der Waals surface area contributed by atoms with Gasteiger partial charge in [-0.25, -0.2) is 4.98 Å². The van der Waals surface area contributed by atoms with E-state index in [4.69, 9.17) is 0 Å². The molecule has 1 atom stereocenters. The van der Waals surface area contributed by atoms with Crippen molar-refractivity contribution in [2.45, 2.75) is 25.8 Å². The third-order valence-corrected chi connectivity index (χ3v) is 2.77. The van der Waals surface area contributed by atoms with Crippen LogP contribution >= 0.6 is 0 Å². The molecule has 2 rings (SSSR count). The van der Waals surface area contributed by atoms with E-state index in [0.29, 0.717) is 6.04 Å². The van der Waals surface area contributed by atoms with E-state index in [0.717, 1.165) is 25.5 Å². The van der Waals surface area contributed by atoms with Crippen LogP contribution in [-0.4, -0.2) is 35.6 Å². The van der Waals surface area contributed by atoms with E-state index in [1.165, 1.54) is 12.8 Å². The lowest BCUT2D eigenvalue weighted by atomic mass is 10.1. The average Bonchev–Trinajstić information content (AvgIpc) is 2.31. The van der Waals surface area contributed by atoms with Crippen molar-refractivity contribution >= 4 is 5.82 Å². The van der Waals surface area contributed by atoms with Gasteiger partial charge in [-0.15, -0.1) is 0 Å². The first-order chi connectivity index (χ1) is 7.40. The van der Waals surface area contributed by atoms with E-state index in [1.54, 1.807) is 12.4 Å². The number of nitrogens with one attached hydrogen (secondary N) is 1. The molecular formula is C11H18N4. The minimum absolute atomic E-state index is 0.603. The first-order valence-corrected chi connectivity index (χ1v) is 5.64. The zero-order valence-electron chi connectivity index (χ0n) is 9.19. The highest BCUT2D eigenvalue weighted by Gasteiger charge is 2.19. The summed E-state index contributed by atoms with van der Waals surface area (Å²) >= 11 is 0. The zero-order valence-corrected chi connectivity index (χ0v) is 9.19. The summed E-state index contributed by atoms with van der Waals surface area (Å²) in [6.07, 6.45) is 7.78. The Balaban J connectivity index is 1.98. The molecule has 0 aliphatic carbocycles. The highest BCUT2D eigenvalue weighted by atomic mass is 15.2. The SMILES string of the molecule is CCCC1CN(c2cnccn2)CCN1. The third kappa shape index (κ3) is 2.65. The van der Waals surface area contributed by atoms with Gasteiger partial charge in [0.2, 0.25) is 0 Å². The van der Waals surface area contributed by atoms with Crippen LogP contribution < -0.4 is 10.2 Å². The molecule has 2 heterocycles. The number of aromatic nitrogens is 2. The predicted octanol–water partition coefficient (Wildman–Crippen LogP) is 1.05. The maximum absolute atomic E-state index is 4.33. The maximum atomic E-state index is 4.33. The Morgan fingerprint density at radius 3 is 3.20 bits per heavy atom. The normalized spacial score (nSPS) is 21.7. The molecule has 4 heteroatoms. The average molecular weight is 206 g/mol. The van der Waals surface area contributed by atoms with Gasteiger partial charge in [-0.3, -0.25) is 4.98 Å². The molecule has 1 aromatic heterocycles. The van der Waals surface area contributed by atoms with Crippen LogP contribution in [0, 0.1) is 0 Å². The van der Waals surface area contributed by atoms with Gasteiger partial charge in [0.15, 0.2) is 0 Å². The maximum Gasteiger partial charge on any atom is 0.147 e. The summed E-state index contributed by atoms with van der Waals surface area (Å²) in [4.78, 5) is 10.7. The second-order valence-corrected chi connectivity index (χ2v) is 3.95. The summed E-state index contributed by atoms with van der Waals surface area (Å²) in [5.74, 6) is 1.00. The van der Waals surface area contributed by atoms with Crippen LogP contribution in [0.15, 0.2) is 18.6 Å². The molecule has 1 aromatic rings. The molecule has 1 unspecified atom stereocenters. The Hall–Kier alpha value is -1.16. The topological polar surface area (TPSA) is 41.1 Å². The van der Waals surface area contributed by atoms with Crippen molar-refractivity contribution in [3.8, 4) is 0 Å². The van der Waals surface area contributed by atoms with Crippen LogP contribution in [0.25, 0.3) is 0 Å². The summed E-state index contributed by atoms with van der Waals surface area (Å²) in [7, 11) is 0. The quantitative estimate of drug-likeness (QED) is 0.802. The van der Waals surface area contributed by atoms with Gasteiger partial charge in [0.1, 0.15) is 5.82 Å². The molecule has 1 aliphatic rings. The van der Waals surface area contributed by atoms with E-state index in [-0.39, 0.29) is 0 Å². The fraction of sp³-hybridized carbons (Fsp3) is 0.636. The molecule has 0 aromatic carbocycles. The minimum atomic E-state index is 0.603. The molecule has 0 saturated carbocycles. The highest BCUT2D eigenvalue weighted by molar-refractivity contribution is 5.36. The fourth-order valence-electron chi connectivity index (χ4n) is 2.03. The van der Waals surface area contributed by atoms with Crippen molar-refractivity contribution in [1.29, 1.82) is 0 Å². The molecule has 1 aliphatic heterocycles. The van der Waals surface area contributed by atoms with E-state index in [1.807, 2.05) is 6.20 Å². The molecule has 1 fully saturated rings. The standard InChI is InChI=1S/C11H18N4/c1-2-3-10-9-15(7-6-13-10)11-8-12-4-5-14-11/h4-5,8,10,13H,2-3,6-7,9H2,1H3. The first kappa shape index (κ1) is 10.4. The molecular weight excluding hydrogens is 188 g/mol. The summed E-state index contributed by atoms with van der Waals surface area (Å²) in [5.41, 5.74) is 0. The van der Waals surface area contributed by atoms with Crippen LogP contribution in [-0.2, 0) is 0 Å². The van der Waals surface area contributed by atoms with E-state index >= 15 is 0 Å². The van der Waals surface area contributed by atoms with Crippen LogP contribution in [0.3, 0.4) is 0 Å². The molecule has 82 valence electrons. The number of nitrogens with zero attached hydrogens (tertiary/aromatic N) is 3. The van der Waals surface area contributed by atoms with Gasteiger partial charge in [-0.05, 0) is 6.42 Å². The number of anilines is 1. The Morgan fingerprint density at radius 1 is 1.53 bits per heavy atom. The van der Waals surface area contributed by atoms with Crippen molar-refractivity contribution < 1.29 is 0 Å². The van der Waals surface area contributed by atoms with Crippen molar-refractivity contribution in [2.75, 3.05) is 24.5 Å². The second-order valence-electron chi connectivity index (χ2n) is 3.95. The molecule has 0 radical (unpaired) electrons. The molecule has 0 spiro atoms. The van der Waals surface area contributed by atoms with Gasteiger partial charge in [0, 0.05) is 38.1 Å². The lowest BCUT2D eigenvalue weighted by Gasteiger charge is -2.34. The number of hydrogen-bond acceptors (Lipinski definition) is 4. The van der Waals surface area contributed by atoms with Crippen LogP contribution in [0.2, 0.25) is 0 Å². The Labute approximate surface area is 90.7 Å². The number of hydrogen-bond donors (Lipinski definition) is 1. The summed E-state index contributed by atoms with van der Waals surface area (Å²) in [5, 5.41) is 3.53. The van der Waals surface area contributed by atoms with Gasteiger partial charge in [-0.2, -0.15) is 0 Å². The molecule has 4 nitrogen and oxygen atoms in total. The van der Waals surface area contributed by atoms with Crippen molar-refractivity contribution in [1.82, 2.24) is 15.3 Å². The first-order valence-electron chi connectivity index (χ1n) is 5.64. The predicted molar refractivity (Wildman–Crippen MR) is 60.9 cm³/mol. The second kappa shape index (κ2) is 5.07. The number of rotatable bonds is 3. The van der Waals surface area contributed by atoms with Crippen LogP contribution in [0.4, 0.5) is 5.82 Å². The van der Waals surface area contributed by atoms with Gasteiger partial charge in [0.25, 0.3) is 0 Å². The lowest BCUT2D eigenvalue weighted by Crippen LogP contribution is -2.50. The van der Waals surface area contributed by atoms with Crippen molar-refractivity contribution in [3.05, 3.63) is 18.6 Å². The summed E-state index contributed by atoms with van der Waals surface area (Å²) < 4.78 is 0. The molecule has 15 heavy (non-hydrogen) atoms. The molecule has 1 N–H and O–H groups in total. The van der Waals surface area contributed by atoms with E-state index in [2.05, 4.69) is 27.1 Å². The highest BCUT2D eigenvalue weighted by Crippen LogP contribution is 2.12. The van der Waals surface area contributed by atoms with Gasteiger partial charge in [-0.1, -0.05) is 13.3 Å². The Kier molecular flexibility index (Phi) is 3.50. The van der Waals surface area contributed by atoms with E-state index in [9.17, 15) is 0 Å². The molecule has 0 bridgehead atoms. The fourth-order valence-corrected chi connectivity index (χ4v) is 2.03. The van der Waals surface area contributed by atoms with Crippen LogP contribution in [0.1, 0.15) is 19.8 Å². The Bertz CT molecular complexity index is 286. The largest absolute Gasteiger partial charge is 0.353 e. The van der Waals surface area contributed by atoms with Crippen LogP contribution in [0.5, 0.6) is 0 Å². The van der Waals surface area contributed by atoms with E-state index < -0.39 is 0 Å². The van der Waals surface area contributed by atoms with Crippen molar-refractivity contribution in [2.24, 2.45) is 0 Å². The molecule has 0 amide bonds. The van der Waals surface area contributed by atoms with Gasteiger partial charge >= 0.3 is 0 Å². The Morgan fingerprint density at radius 2 is 2.47 bits per heavy atom. The summed E-state index contributed by atoms with van der Waals surface area (Å²) in [6.45, 7) is 5.34. The monoisotopic (exact) mass is 206 g/mol. The summed E-state index contributed by atoms with van der Waals surface area (Å²) in [6, 6.07) is 0.603. The van der Waals surface area contributed by atoms with Gasteiger partial charge < -0.3 is 10.2 Å². The zero-order chi connectivity index (χ0) is 10.5. The smallest absolute Gasteiger partial charge is 0.147 e. The van der Waals surface area contributed by atoms with Crippen molar-refractivity contribution in [3.63, 3.8) is 0 Å².